The first-order valence-corrected chi connectivity index (χ1v) is 4.47. The molecule has 1 heterocycles. The highest BCUT2D eigenvalue weighted by atomic mass is 15.1. The van der Waals surface area contributed by atoms with Crippen molar-refractivity contribution in [3.8, 4) is 0 Å². The Morgan fingerprint density at radius 2 is 1.92 bits per heavy atom. The second kappa shape index (κ2) is 3.09. The summed E-state index contributed by atoms with van der Waals surface area (Å²) in [6.07, 6.45) is 6.00. The fraction of sp³-hybridized carbons (Fsp3) is 0.556. The molecule has 0 amide bonds. The summed E-state index contributed by atoms with van der Waals surface area (Å²) in [5, 5.41) is 7.97. The Morgan fingerprint density at radius 3 is 2.83 bits per heavy atom. The third kappa shape index (κ3) is 1.40. The predicted molar refractivity (Wildman–Crippen MR) is 47.7 cm³/mol. The van der Waals surface area contributed by atoms with E-state index >= 15 is 0 Å². The predicted octanol–water partition coefficient (Wildman–Crippen LogP) is 1.33. The van der Waals surface area contributed by atoms with Gasteiger partial charge in [0.25, 0.3) is 0 Å². The average molecular weight is 163 g/mol. The molecule has 1 aromatic rings. The van der Waals surface area contributed by atoms with Gasteiger partial charge in [-0.15, -0.1) is 5.10 Å². The Bertz CT molecular complexity index is 283. The summed E-state index contributed by atoms with van der Waals surface area (Å²) in [5.41, 5.74) is 8.02. The van der Waals surface area contributed by atoms with Crippen molar-refractivity contribution >= 4 is 5.82 Å². The number of nitrogens with zero attached hydrogens (tertiary/aromatic N) is 2. The first kappa shape index (κ1) is 7.53. The fourth-order valence-corrected chi connectivity index (χ4v) is 1.68. The Hall–Kier alpha value is -1.12. The first-order valence-electron chi connectivity index (χ1n) is 4.47. The van der Waals surface area contributed by atoms with E-state index in [1.54, 1.807) is 0 Å². The van der Waals surface area contributed by atoms with Gasteiger partial charge in [-0.1, -0.05) is 6.42 Å². The fourth-order valence-electron chi connectivity index (χ4n) is 1.68. The number of hydrogen-bond donors (Lipinski definition) is 1. The van der Waals surface area contributed by atoms with Gasteiger partial charge in [0.15, 0.2) is 0 Å². The topological polar surface area (TPSA) is 51.8 Å². The highest BCUT2D eigenvalue weighted by molar-refractivity contribution is 5.33. The van der Waals surface area contributed by atoms with Gasteiger partial charge in [0.05, 0.1) is 5.69 Å². The molecule has 0 saturated heterocycles. The molecule has 3 nitrogen and oxygen atoms in total. The van der Waals surface area contributed by atoms with Gasteiger partial charge in [0.1, 0.15) is 5.82 Å². The average Bonchev–Trinajstić information content (AvgIpc) is 2.28. The number of rotatable bonds is 0. The lowest BCUT2D eigenvalue weighted by atomic mass is 10.1. The Balaban J connectivity index is 2.36. The molecule has 0 radical (unpaired) electrons. The monoisotopic (exact) mass is 163 g/mol. The highest BCUT2D eigenvalue weighted by Crippen LogP contribution is 2.18. The van der Waals surface area contributed by atoms with Gasteiger partial charge in [-0.25, -0.2) is 0 Å². The van der Waals surface area contributed by atoms with Crippen molar-refractivity contribution in [3.63, 3.8) is 0 Å². The van der Waals surface area contributed by atoms with Gasteiger partial charge in [0.2, 0.25) is 0 Å². The lowest BCUT2D eigenvalue weighted by Crippen LogP contribution is -2.01. The number of nitrogens with two attached hydrogens (primary N) is 1. The number of aromatic nitrogens is 2. The minimum Gasteiger partial charge on any atom is -0.382 e. The summed E-state index contributed by atoms with van der Waals surface area (Å²) in [7, 11) is 0. The molecular weight excluding hydrogens is 150 g/mol. The van der Waals surface area contributed by atoms with Crippen molar-refractivity contribution in [2.45, 2.75) is 32.1 Å². The molecule has 1 aliphatic rings. The summed E-state index contributed by atoms with van der Waals surface area (Å²) < 4.78 is 0. The van der Waals surface area contributed by atoms with Gasteiger partial charge < -0.3 is 5.73 Å². The smallest absolute Gasteiger partial charge is 0.146 e. The molecule has 0 spiro atoms. The van der Waals surface area contributed by atoms with Crippen LogP contribution >= 0.6 is 0 Å². The van der Waals surface area contributed by atoms with Crippen LogP contribution in [0.4, 0.5) is 5.82 Å². The van der Waals surface area contributed by atoms with E-state index in [2.05, 4.69) is 10.2 Å². The number of aryl methyl sites for hydroxylation is 2. The van der Waals surface area contributed by atoms with E-state index in [-0.39, 0.29) is 0 Å². The number of hydrogen-bond acceptors (Lipinski definition) is 3. The number of nitrogen functional groups attached to an aromatic ring is 1. The molecule has 0 atom stereocenters. The van der Waals surface area contributed by atoms with E-state index < -0.39 is 0 Å². The molecule has 3 heteroatoms. The lowest BCUT2D eigenvalue weighted by molar-refractivity contribution is 0.706. The largest absolute Gasteiger partial charge is 0.382 e. The van der Waals surface area contributed by atoms with E-state index in [0.717, 1.165) is 18.5 Å². The molecule has 64 valence electrons. The van der Waals surface area contributed by atoms with Crippen molar-refractivity contribution in [3.05, 3.63) is 17.3 Å². The molecule has 12 heavy (non-hydrogen) atoms. The molecule has 0 bridgehead atoms. The van der Waals surface area contributed by atoms with Gasteiger partial charge in [-0.2, -0.15) is 5.10 Å². The summed E-state index contributed by atoms with van der Waals surface area (Å²) in [5.74, 6) is 0.552. The molecule has 2 N–H and O–H groups in total. The maximum Gasteiger partial charge on any atom is 0.146 e. The maximum atomic E-state index is 5.56. The Kier molecular flexibility index (Phi) is 1.94. The van der Waals surface area contributed by atoms with Crippen molar-refractivity contribution in [2.24, 2.45) is 0 Å². The zero-order valence-corrected chi connectivity index (χ0v) is 7.08. The second-order valence-electron chi connectivity index (χ2n) is 3.30. The van der Waals surface area contributed by atoms with Crippen LogP contribution in [0.3, 0.4) is 0 Å². The van der Waals surface area contributed by atoms with Crippen molar-refractivity contribution in [1.82, 2.24) is 10.2 Å². The van der Waals surface area contributed by atoms with Crippen LogP contribution in [0.15, 0.2) is 6.07 Å². The van der Waals surface area contributed by atoms with E-state index in [4.69, 9.17) is 5.73 Å². The first-order chi connectivity index (χ1) is 5.86. The summed E-state index contributed by atoms with van der Waals surface area (Å²) >= 11 is 0. The second-order valence-corrected chi connectivity index (χ2v) is 3.30. The van der Waals surface area contributed by atoms with Crippen LogP contribution < -0.4 is 5.73 Å². The van der Waals surface area contributed by atoms with Gasteiger partial charge in [-0.05, 0) is 37.3 Å². The van der Waals surface area contributed by atoms with Crippen LogP contribution in [0.5, 0.6) is 0 Å². The van der Waals surface area contributed by atoms with Crippen LogP contribution in [0.1, 0.15) is 30.5 Å². The molecule has 0 aliphatic heterocycles. The maximum absolute atomic E-state index is 5.56. The van der Waals surface area contributed by atoms with E-state index in [0.29, 0.717) is 5.82 Å². The normalized spacial score (nSPS) is 16.7. The number of anilines is 1. The zero-order valence-electron chi connectivity index (χ0n) is 7.08. The van der Waals surface area contributed by atoms with Gasteiger partial charge in [-0.3, -0.25) is 0 Å². The zero-order chi connectivity index (χ0) is 8.39. The van der Waals surface area contributed by atoms with E-state index in [9.17, 15) is 0 Å². The molecule has 0 fully saturated rings. The van der Waals surface area contributed by atoms with Crippen LogP contribution in [-0.2, 0) is 12.8 Å². The molecule has 0 saturated carbocycles. The third-order valence-corrected chi connectivity index (χ3v) is 2.34. The quantitative estimate of drug-likeness (QED) is 0.587. The SMILES string of the molecule is Nc1cc2c(nn1)CCCCC2. The van der Waals surface area contributed by atoms with E-state index in [1.165, 1.54) is 24.8 Å². The molecule has 0 aromatic carbocycles. The van der Waals surface area contributed by atoms with E-state index in [1.807, 2.05) is 6.07 Å². The van der Waals surface area contributed by atoms with Crippen molar-refractivity contribution in [1.29, 1.82) is 0 Å². The molecule has 2 rings (SSSR count). The minimum atomic E-state index is 0.552. The Morgan fingerprint density at radius 1 is 1.08 bits per heavy atom. The number of fused-ring (bicyclic) bond motifs is 1. The summed E-state index contributed by atoms with van der Waals surface area (Å²) in [6, 6.07) is 1.97. The van der Waals surface area contributed by atoms with Crippen LogP contribution in [0.2, 0.25) is 0 Å². The minimum absolute atomic E-state index is 0.552. The summed E-state index contributed by atoms with van der Waals surface area (Å²) in [4.78, 5) is 0. The molecular formula is C9H13N3. The lowest BCUT2D eigenvalue weighted by Gasteiger charge is -2.02. The molecule has 1 aromatic heterocycles. The molecule has 1 aliphatic carbocycles. The standard InChI is InChI=1S/C9H13N3/c10-9-6-7-4-2-1-3-5-8(7)11-12-9/h6H,1-5H2,(H2,10,12). The van der Waals surface area contributed by atoms with Crippen LogP contribution in [-0.4, -0.2) is 10.2 Å². The van der Waals surface area contributed by atoms with Gasteiger partial charge in [0, 0.05) is 0 Å². The highest BCUT2D eigenvalue weighted by Gasteiger charge is 2.09. The molecule has 0 unspecified atom stereocenters. The summed E-state index contributed by atoms with van der Waals surface area (Å²) in [6.45, 7) is 0. The van der Waals surface area contributed by atoms with Crippen LogP contribution in [0.25, 0.3) is 0 Å². The van der Waals surface area contributed by atoms with Gasteiger partial charge >= 0.3 is 0 Å². The Labute approximate surface area is 72.0 Å². The third-order valence-electron chi connectivity index (χ3n) is 2.34. The van der Waals surface area contributed by atoms with Crippen LogP contribution in [0, 0.1) is 0 Å². The van der Waals surface area contributed by atoms with Crippen molar-refractivity contribution in [2.75, 3.05) is 5.73 Å². The van der Waals surface area contributed by atoms with Crippen molar-refractivity contribution < 1.29 is 0 Å².